The van der Waals surface area contributed by atoms with Crippen molar-refractivity contribution in [3.8, 4) is 0 Å². The van der Waals surface area contributed by atoms with Crippen molar-refractivity contribution in [2.75, 3.05) is 6.54 Å². The Bertz CT molecular complexity index is 536. The van der Waals surface area contributed by atoms with Crippen LogP contribution in [0.3, 0.4) is 0 Å². The second kappa shape index (κ2) is 5.19. The van der Waals surface area contributed by atoms with Gasteiger partial charge in [0.05, 0.1) is 16.9 Å². The lowest BCUT2D eigenvalue weighted by Gasteiger charge is -2.07. The van der Waals surface area contributed by atoms with Crippen molar-refractivity contribution < 1.29 is 4.79 Å². The van der Waals surface area contributed by atoms with Gasteiger partial charge in [-0.3, -0.25) is 4.79 Å². The summed E-state index contributed by atoms with van der Waals surface area (Å²) in [6.45, 7) is 2.77. The highest BCUT2D eigenvalue weighted by Crippen LogP contribution is 2.16. The Morgan fingerprint density at radius 2 is 2.24 bits per heavy atom. The molecule has 0 radical (unpaired) electrons. The Morgan fingerprint density at radius 3 is 2.94 bits per heavy atom. The molecule has 1 heterocycles. The fourth-order valence-electron chi connectivity index (χ4n) is 1.82. The number of imidazole rings is 1. The van der Waals surface area contributed by atoms with Gasteiger partial charge in [-0.05, 0) is 12.1 Å². The third-order valence-corrected chi connectivity index (χ3v) is 2.80. The lowest BCUT2D eigenvalue weighted by atomic mass is 10.3. The number of hydrogen-bond donors (Lipinski definition) is 1. The molecule has 0 aliphatic heterocycles. The van der Waals surface area contributed by atoms with E-state index in [9.17, 15) is 4.79 Å². The van der Waals surface area contributed by atoms with Crippen molar-refractivity contribution in [2.24, 2.45) is 0 Å². The zero-order chi connectivity index (χ0) is 12.3. The topological polar surface area (TPSA) is 46.9 Å². The normalized spacial score (nSPS) is 10.7. The third kappa shape index (κ3) is 2.58. The first-order valence-electron chi connectivity index (χ1n) is 5.47. The first-order valence-corrected chi connectivity index (χ1v) is 6.00. The number of aromatic nitrogens is 2. The number of halogens is 1. The van der Waals surface area contributed by atoms with Crippen LogP contribution in [0, 0.1) is 0 Å². The minimum atomic E-state index is -0.0261. The first-order chi connectivity index (χ1) is 8.22. The summed E-state index contributed by atoms with van der Waals surface area (Å²) < 4.78 is 2.04. The molecule has 0 saturated heterocycles. The van der Waals surface area contributed by atoms with E-state index in [1.165, 1.54) is 6.92 Å². The molecule has 0 atom stereocenters. The molecule has 0 bridgehead atoms. The minimum absolute atomic E-state index is 0.0261. The zero-order valence-electron chi connectivity index (χ0n) is 9.61. The van der Waals surface area contributed by atoms with Gasteiger partial charge in [-0.1, -0.05) is 12.1 Å². The maximum atomic E-state index is 10.8. The lowest BCUT2D eigenvalue weighted by Crippen LogP contribution is -2.24. The molecule has 2 aromatic rings. The van der Waals surface area contributed by atoms with E-state index in [1.807, 2.05) is 28.8 Å². The smallest absolute Gasteiger partial charge is 0.216 e. The molecule has 0 unspecified atom stereocenters. The number of fused-ring (bicyclic) bond motifs is 1. The van der Waals surface area contributed by atoms with E-state index in [2.05, 4.69) is 10.3 Å². The van der Waals surface area contributed by atoms with Crippen molar-refractivity contribution in [1.29, 1.82) is 0 Å². The van der Waals surface area contributed by atoms with Gasteiger partial charge in [0.25, 0.3) is 0 Å². The number of para-hydroxylation sites is 2. The van der Waals surface area contributed by atoms with Gasteiger partial charge in [-0.25, -0.2) is 4.98 Å². The van der Waals surface area contributed by atoms with Crippen LogP contribution < -0.4 is 5.32 Å². The molecule has 1 amide bonds. The monoisotopic (exact) mass is 251 g/mol. The van der Waals surface area contributed by atoms with Gasteiger partial charge in [-0.15, -0.1) is 11.6 Å². The van der Waals surface area contributed by atoms with Gasteiger partial charge < -0.3 is 9.88 Å². The molecule has 0 saturated carbocycles. The van der Waals surface area contributed by atoms with E-state index < -0.39 is 0 Å². The summed E-state index contributed by atoms with van der Waals surface area (Å²) in [6, 6.07) is 7.88. The summed E-state index contributed by atoms with van der Waals surface area (Å²) in [6.07, 6.45) is 0. The molecule has 1 N–H and O–H groups in total. The van der Waals surface area contributed by atoms with Crippen LogP contribution >= 0.6 is 11.6 Å². The number of alkyl halides is 1. The van der Waals surface area contributed by atoms with Gasteiger partial charge in [0.2, 0.25) is 5.91 Å². The van der Waals surface area contributed by atoms with Gasteiger partial charge in [0, 0.05) is 20.0 Å². The SMILES string of the molecule is CC(=O)NCCn1c(CCl)nc2ccccc21. The maximum absolute atomic E-state index is 10.8. The second-order valence-electron chi connectivity index (χ2n) is 3.78. The average Bonchev–Trinajstić information content (AvgIpc) is 2.67. The Hall–Kier alpha value is -1.55. The number of carbonyl (C=O) groups excluding carboxylic acids is 1. The van der Waals surface area contributed by atoms with Gasteiger partial charge in [0.15, 0.2) is 0 Å². The highest BCUT2D eigenvalue weighted by atomic mass is 35.5. The van der Waals surface area contributed by atoms with E-state index in [-0.39, 0.29) is 5.91 Å². The van der Waals surface area contributed by atoms with Crippen LogP contribution in [0.15, 0.2) is 24.3 Å². The average molecular weight is 252 g/mol. The van der Waals surface area contributed by atoms with E-state index in [0.29, 0.717) is 19.0 Å². The molecule has 17 heavy (non-hydrogen) atoms. The van der Waals surface area contributed by atoms with Crippen LogP contribution in [0.4, 0.5) is 0 Å². The van der Waals surface area contributed by atoms with Crippen LogP contribution in [0.5, 0.6) is 0 Å². The Kier molecular flexibility index (Phi) is 3.64. The summed E-state index contributed by atoms with van der Waals surface area (Å²) in [5.41, 5.74) is 1.99. The van der Waals surface area contributed by atoms with Crippen molar-refractivity contribution in [3.05, 3.63) is 30.1 Å². The first kappa shape index (κ1) is 11.9. The van der Waals surface area contributed by atoms with E-state index in [4.69, 9.17) is 11.6 Å². The molecule has 0 spiro atoms. The predicted molar refractivity (Wildman–Crippen MR) is 68.0 cm³/mol. The summed E-state index contributed by atoms with van der Waals surface area (Å²) >= 11 is 5.87. The Morgan fingerprint density at radius 1 is 1.47 bits per heavy atom. The largest absolute Gasteiger partial charge is 0.355 e. The molecule has 4 nitrogen and oxygen atoms in total. The van der Waals surface area contributed by atoms with Crippen molar-refractivity contribution >= 4 is 28.5 Å². The quantitative estimate of drug-likeness (QED) is 0.844. The molecule has 0 aliphatic carbocycles. The lowest BCUT2D eigenvalue weighted by molar-refractivity contribution is -0.118. The standard InChI is InChI=1S/C12H14ClN3O/c1-9(17)14-6-7-16-11-5-3-2-4-10(11)15-12(16)8-13/h2-5H,6-8H2,1H3,(H,14,17). The van der Waals surface area contributed by atoms with Gasteiger partial charge >= 0.3 is 0 Å². The summed E-state index contributed by atoms with van der Waals surface area (Å²) in [7, 11) is 0. The number of nitrogens with zero attached hydrogens (tertiary/aromatic N) is 2. The fourth-order valence-corrected chi connectivity index (χ4v) is 2.02. The summed E-state index contributed by atoms with van der Waals surface area (Å²) in [4.78, 5) is 15.3. The molecule has 1 aromatic heterocycles. The molecule has 5 heteroatoms. The Labute approximate surface area is 105 Å². The zero-order valence-corrected chi connectivity index (χ0v) is 10.4. The number of rotatable bonds is 4. The van der Waals surface area contributed by atoms with Gasteiger partial charge in [0.1, 0.15) is 5.82 Å². The summed E-state index contributed by atoms with van der Waals surface area (Å²) in [5, 5.41) is 2.77. The van der Waals surface area contributed by atoms with E-state index in [1.54, 1.807) is 0 Å². The van der Waals surface area contributed by atoms with Crippen LogP contribution in [-0.4, -0.2) is 22.0 Å². The highest BCUT2D eigenvalue weighted by Gasteiger charge is 2.08. The van der Waals surface area contributed by atoms with Crippen molar-refractivity contribution in [2.45, 2.75) is 19.3 Å². The predicted octanol–water partition coefficient (Wildman–Crippen LogP) is 1.91. The summed E-state index contributed by atoms with van der Waals surface area (Å²) in [5.74, 6) is 1.18. The number of carbonyl (C=O) groups is 1. The molecular formula is C12H14ClN3O. The van der Waals surface area contributed by atoms with Crippen LogP contribution in [-0.2, 0) is 17.2 Å². The van der Waals surface area contributed by atoms with E-state index >= 15 is 0 Å². The molecule has 0 fully saturated rings. The minimum Gasteiger partial charge on any atom is -0.355 e. The molecule has 0 aliphatic rings. The van der Waals surface area contributed by atoms with Gasteiger partial charge in [-0.2, -0.15) is 0 Å². The van der Waals surface area contributed by atoms with Crippen LogP contribution in [0.1, 0.15) is 12.7 Å². The number of hydrogen-bond acceptors (Lipinski definition) is 2. The molecule has 90 valence electrons. The second-order valence-corrected chi connectivity index (χ2v) is 4.05. The maximum Gasteiger partial charge on any atom is 0.216 e. The van der Waals surface area contributed by atoms with Crippen LogP contribution in [0.2, 0.25) is 0 Å². The van der Waals surface area contributed by atoms with E-state index in [0.717, 1.165) is 16.9 Å². The van der Waals surface area contributed by atoms with Crippen molar-refractivity contribution in [1.82, 2.24) is 14.9 Å². The molecular weight excluding hydrogens is 238 g/mol. The van der Waals surface area contributed by atoms with Crippen molar-refractivity contribution in [3.63, 3.8) is 0 Å². The molecule has 2 rings (SSSR count). The number of amides is 1. The number of benzene rings is 1. The fraction of sp³-hybridized carbons (Fsp3) is 0.333. The highest BCUT2D eigenvalue weighted by molar-refractivity contribution is 6.16. The molecule has 1 aromatic carbocycles. The third-order valence-electron chi connectivity index (χ3n) is 2.56. The van der Waals surface area contributed by atoms with Crippen LogP contribution in [0.25, 0.3) is 11.0 Å². The number of nitrogens with one attached hydrogen (secondary N) is 1. The Balaban J connectivity index is 2.27.